The first-order chi connectivity index (χ1) is 14.7. The van der Waals surface area contributed by atoms with Crippen molar-refractivity contribution >= 4 is 28.7 Å². The van der Waals surface area contributed by atoms with E-state index in [1.165, 1.54) is 24.4 Å². The van der Waals surface area contributed by atoms with E-state index in [9.17, 15) is 24.8 Å². The predicted octanol–water partition coefficient (Wildman–Crippen LogP) is 0.387. The van der Waals surface area contributed by atoms with Crippen molar-refractivity contribution in [2.75, 3.05) is 0 Å². The van der Waals surface area contributed by atoms with Gasteiger partial charge in [0.1, 0.15) is 11.6 Å². The number of aromatic nitrogens is 3. The monoisotopic (exact) mass is 415 g/mol. The zero-order valence-corrected chi connectivity index (χ0v) is 16.9. The first-order valence-electron chi connectivity index (χ1n) is 9.27. The largest absolute Gasteiger partial charge is 0.494 e. The topological polar surface area (TPSA) is 143 Å². The number of hydrogen-bond donors (Lipinski definition) is 2. The second-order valence-corrected chi connectivity index (χ2v) is 7.20. The Hall–Kier alpha value is -4.45. The Morgan fingerprint density at radius 2 is 1.87 bits per heavy atom. The van der Waals surface area contributed by atoms with Crippen molar-refractivity contribution in [3.8, 4) is 11.9 Å². The van der Waals surface area contributed by atoms with Gasteiger partial charge in [-0.05, 0) is 43.2 Å². The van der Waals surface area contributed by atoms with E-state index < -0.39 is 22.9 Å². The molecule has 0 aliphatic carbocycles. The van der Waals surface area contributed by atoms with Crippen LogP contribution >= 0.6 is 0 Å². The number of para-hydroxylation sites is 2. The van der Waals surface area contributed by atoms with Gasteiger partial charge >= 0.3 is 0 Å². The number of benzene rings is 1. The molecule has 3 heterocycles. The number of carbonyl (C=O) groups excluding carboxylic acids is 1. The van der Waals surface area contributed by atoms with E-state index in [1.807, 2.05) is 0 Å². The van der Waals surface area contributed by atoms with Gasteiger partial charge in [0.15, 0.2) is 5.65 Å². The van der Waals surface area contributed by atoms with Crippen LogP contribution < -0.4 is 22.1 Å². The summed E-state index contributed by atoms with van der Waals surface area (Å²) in [7, 11) is 1.29. The van der Waals surface area contributed by atoms with Gasteiger partial charge < -0.3 is 10.8 Å². The van der Waals surface area contributed by atoms with Gasteiger partial charge in [0.2, 0.25) is 5.88 Å². The van der Waals surface area contributed by atoms with E-state index in [4.69, 9.17) is 5.73 Å². The Kier molecular flexibility index (Phi) is 4.36. The van der Waals surface area contributed by atoms with E-state index in [0.29, 0.717) is 16.6 Å². The fourth-order valence-electron chi connectivity index (χ4n) is 3.80. The molecular formula is C22H17N5O4. The smallest absolute Gasteiger partial charge is 0.264 e. The minimum Gasteiger partial charge on any atom is -0.494 e. The van der Waals surface area contributed by atoms with Crippen molar-refractivity contribution in [3.05, 3.63) is 78.0 Å². The van der Waals surface area contributed by atoms with Gasteiger partial charge in [-0.25, -0.2) is 4.98 Å². The highest BCUT2D eigenvalue weighted by Crippen LogP contribution is 2.21. The summed E-state index contributed by atoms with van der Waals surface area (Å²) < 4.78 is 2.22. The lowest BCUT2D eigenvalue weighted by molar-refractivity contribution is 0.0995. The minimum atomic E-state index is -0.909. The molecule has 0 atom stereocenters. The summed E-state index contributed by atoms with van der Waals surface area (Å²) in [6.45, 7) is 3.06. The number of fused-ring (bicyclic) bond motifs is 3. The number of primary amides is 1. The number of imidazole rings is 1. The van der Waals surface area contributed by atoms with Crippen LogP contribution in [0.1, 0.15) is 32.6 Å². The van der Waals surface area contributed by atoms with Crippen LogP contribution in [0.15, 0.2) is 33.9 Å². The molecule has 0 spiro atoms. The molecule has 9 nitrogen and oxygen atoms in total. The highest BCUT2D eigenvalue weighted by molar-refractivity contribution is 5.97. The summed E-state index contributed by atoms with van der Waals surface area (Å²) in [4.78, 5) is 42.5. The van der Waals surface area contributed by atoms with Crippen LogP contribution in [-0.2, 0) is 7.05 Å². The molecule has 1 aromatic carbocycles. The summed E-state index contributed by atoms with van der Waals surface area (Å²) in [5.41, 5.74) is 6.11. The maximum atomic E-state index is 13.4. The maximum absolute atomic E-state index is 13.4. The number of nitriles is 1. The van der Waals surface area contributed by atoms with E-state index in [-0.39, 0.29) is 33.1 Å². The molecule has 9 heteroatoms. The standard InChI is InChI=1S/C22H17N5O4/c1-10-12(8-13-11(2)17(18(24)28)22(31)26(3)20(13)29)21(30)27-16-7-5-4-6-15(16)25-19(27)14(10)9-23/h4-8,31H,1-3H3,(H2,24,28). The Labute approximate surface area is 174 Å². The van der Waals surface area contributed by atoms with E-state index in [1.54, 1.807) is 31.2 Å². The van der Waals surface area contributed by atoms with Gasteiger partial charge in [0.25, 0.3) is 17.0 Å². The van der Waals surface area contributed by atoms with Crippen molar-refractivity contribution in [1.29, 1.82) is 5.26 Å². The summed E-state index contributed by atoms with van der Waals surface area (Å²) >= 11 is 0. The Balaban J connectivity index is 2.25. The first-order valence-corrected chi connectivity index (χ1v) is 9.27. The van der Waals surface area contributed by atoms with Gasteiger partial charge in [-0.2, -0.15) is 5.26 Å². The van der Waals surface area contributed by atoms with E-state index >= 15 is 0 Å². The van der Waals surface area contributed by atoms with Gasteiger partial charge in [0, 0.05) is 17.8 Å². The van der Waals surface area contributed by atoms with Gasteiger partial charge in [0.05, 0.1) is 16.6 Å². The molecule has 0 bridgehead atoms. The SMILES string of the molecule is Cc1c(C(N)=O)c(O)n(C)c(=O)c1C=c1c(C)c(C#N)c2nc3ccccc3n2c1=O. The summed E-state index contributed by atoms with van der Waals surface area (Å²) in [5.74, 6) is -1.46. The van der Waals surface area contributed by atoms with Crippen molar-refractivity contribution in [2.45, 2.75) is 13.8 Å². The van der Waals surface area contributed by atoms with Crippen molar-refractivity contribution in [2.24, 2.45) is 12.8 Å². The summed E-state index contributed by atoms with van der Waals surface area (Å²) in [6.07, 6.45) is 1.33. The second-order valence-electron chi connectivity index (χ2n) is 7.20. The lowest BCUT2D eigenvalue weighted by atomic mass is 10.0. The molecule has 3 aromatic heterocycles. The Bertz CT molecular complexity index is 1650. The summed E-state index contributed by atoms with van der Waals surface area (Å²) in [6, 6.07) is 9.08. The molecule has 0 saturated heterocycles. The molecular weight excluding hydrogens is 398 g/mol. The molecule has 0 fully saturated rings. The molecule has 0 aliphatic rings. The Morgan fingerprint density at radius 3 is 2.52 bits per heavy atom. The van der Waals surface area contributed by atoms with Crippen LogP contribution in [0, 0.1) is 25.2 Å². The number of aromatic hydroxyl groups is 1. The third-order valence-corrected chi connectivity index (χ3v) is 5.50. The fraction of sp³-hybridized carbons (Fsp3) is 0.136. The third-order valence-electron chi connectivity index (χ3n) is 5.50. The lowest BCUT2D eigenvalue weighted by Crippen LogP contribution is -2.35. The van der Waals surface area contributed by atoms with Crippen molar-refractivity contribution in [1.82, 2.24) is 14.0 Å². The van der Waals surface area contributed by atoms with Crippen LogP contribution in [0.5, 0.6) is 5.88 Å². The minimum absolute atomic E-state index is 0.0157. The van der Waals surface area contributed by atoms with Crippen molar-refractivity contribution in [3.63, 3.8) is 0 Å². The molecule has 154 valence electrons. The van der Waals surface area contributed by atoms with Gasteiger partial charge in [-0.3, -0.25) is 23.4 Å². The highest BCUT2D eigenvalue weighted by atomic mass is 16.3. The number of hydrogen-bond acceptors (Lipinski definition) is 6. The van der Waals surface area contributed by atoms with Gasteiger partial charge in [-0.1, -0.05) is 12.1 Å². The molecule has 0 aliphatic heterocycles. The molecule has 0 unspecified atom stereocenters. The van der Waals surface area contributed by atoms with Crippen LogP contribution in [0.4, 0.5) is 0 Å². The maximum Gasteiger partial charge on any atom is 0.264 e. The van der Waals surface area contributed by atoms with Crippen LogP contribution in [0.2, 0.25) is 0 Å². The molecule has 4 aromatic rings. The molecule has 4 rings (SSSR count). The fourth-order valence-corrected chi connectivity index (χ4v) is 3.80. The second kappa shape index (κ2) is 6.81. The number of nitrogens with two attached hydrogens (primary N) is 1. The normalized spacial score (nSPS) is 11.9. The van der Waals surface area contributed by atoms with Crippen LogP contribution in [0.25, 0.3) is 22.8 Å². The number of pyridine rings is 2. The quantitative estimate of drug-likeness (QED) is 0.485. The highest BCUT2D eigenvalue weighted by Gasteiger charge is 2.21. The third kappa shape index (κ3) is 2.69. The lowest BCUT2D eigenvalue weighted by Gasteiger charge is -2.12. The summed E-state index contributed by atoms with van der Waals surface area (Å²) in [5, 5.41) is 20.0. The predicted molar refractivity (Wildman–Crippen MR) is 114 cm³/mol. The average Bonchev–Trinajstić information content (AvgIpc) is 3.11. The number of carbonyl (C=O) groups is 1. The number of amides is 1. The molecule has 0 saturated carbocycles. The number of rotatable bonds is 2. The first kappa shape index (κ1) is 19.8. The van der Waals surface area contributed by atoms with Crippen LogP contribution in [0.3, 0.4) is 0 Å². The van der Waals surface area contributed by atoms with E-state index in [0.717, 1.165) is 4.57 Å². The molecule has 0 radical (unpaired) electrons. The van der Waals surface area contributed by atoms with Crippen molar-refractivity contribution < 1.29 is 9.90 Å². The zero-order valence-electron chi connectivity index (χ0n) is 16.9. The number of nitrogens with zero attached hydrogens (tertiary/aromatic N) is 4. The zero-order chi connectivity index (χ0) is 22.6. The van der Waals surface area contributed by atoms with E-state index in [2.05, 4.69) is 11.1 Å². The molecule has 3 N–H and O–H groups in total. The Morgan fingerprint density at radius 1 is 1.19 bits per heavy atom. The average molecular weight is 415 g/mol. The van der Waals surface area contributed by atoms with Crippen LogP contribution in [-0.4, -0.2) is 25.0 Å². The van der Waals surface area contributed by atoms with Gasteiger partial charge in [-0.15, -0.1) is 0 Å². The molecule has 1 amide bonds. The molecule has 31 heavy (non-hydrogen) atoms.